The minimum Gasteiger partial charge on any atom is -0.365 e. The Hall–Kier alpha value is -3.65. The van der Waals surface area contributed by atoms with Gasteiger partial charge in [0, 0.05) is 65.4 Å². The number of piperazine rings is 1. The van der Waals surface area contributed by atoms with E-state index in [0.717, 1.165) is 23.5 Å². The van der Waals surface area contributed by atoms with Crippen molar-refractivity contribution in [2.45, 2.75) is 50.0 Å². The average Bonchev–Trinajstić information content (AvgIpc) is 3.40. The lowest BCUT2D eigenvalue weighted by atomic mass is 9.95. The summed E-state index contributed by atoms with van der Waals surface area (Å²) in [7, 11) is 1.61. The van der Waals surface area contributed by atoms with E-state index in [4.69, 9.17) is 0 Å². The molecule has 2 aromatic carbocycles. The first-order chi connectivity index (χ1) is 20.3. The van der Waals surface area contributed by atoms with Crippen molar-refractivity contribution in [1.82, 2.24) is 19.4 Å². The zero-order chi connectivity index (χ0) is 31.0. The molecule has 4 aromatic rings. The zero-order valence-corrected chi connectivity index (χ0v) is 25.4. The largest absolute Gasteiger partial charge is 0.417 e. The Kier molecular flexibility index (Phi) is 7.19. The van der Waals surface area contributed by atoms with Gasteiger partial charge in [-0.3, -0.25) is 9.36 Å². The minimum atomic E-state index is -4.79. The van der Waals surface area contributed by atoms with Crippen molar-refractivity contribution in [2.75, 3.05) is 36.1 Å². The van der Waals surface area contributed by atoms with Gasteiger partial charge in [0.15, 0.2) is 5.13 Å². The van der Waals surface area contributed by atoms with Crippen molar-refractivity contribution in [2.24, 2.45) is 0 Å². The molecule has 6 rings (SSSR count). The number of halogens is 4. The molecule has 226 valence electrons. The van der Waals surface area contributed by atoms with E-state index in [9.17, 15) is 14.0 Å². The Morgan fingerprint density at radius 2 is 1.84 bits per heavy atom. The first kappa shape index (κ1) is 29.4. The van der Waals surface area contributed by atoms with Crippen LogP contribution in [0.5, 0.6) is 0 Å². The van der Waals surface area contributed by atoms with E-state index in [1.165, 1.54) is 28.5 Å². The number of hydrogen-bond acceptors (Lipinski definition) is 8. The van der Waals surface area contributed by atoms with Gasteiger partial charge in [-0.2, -0.15) is 18.2 Å². The van der Waals surface area contributed by atoms with Crippen LogP contribution < -0.4 is 15.9 Å². The Bertz CT molecular complexity index is 1860. The Balaban J connectivity index is 1.67. The lowest BCUT2D eigenvalue weighted by Crippen LogP contribution is -2.58. The number of amides is 1. The molecule has 2 aliphatic rings. The second kappa shape index (κ2) is 10.5. The van der Waals surface area contributed by atoms with Gasteiger partial charge in [-0.25, -0.2) is 14.2 Å². The third kappa shape index (κ3) is 4.65. The molecule has 0 spiro atoms. The zero-order valence-electron chi connectivity index (χ0n) is 23.8. The van der Waals surface area contributed by atoms with Crippen LogP contribution in [-0.4, -0.2) is 63.3 Å². The minimum absolute atomic E-state index is 0.114. The highest BCUT2D eigenvalue weighted by molar-refractivity contribution is 7.99. The molecule has 8 nitrogen and oxygen atoms in total. The molecule has 0 aliphatic carbocycles. The number of hydrogen-bond donors (Lipinski definition) is 1. The van der Waals surface area contributed by atoms with Crippen molar-refractivity contribution >= 4 is 61.1 Å². The van der Waals surface area contributed by atoms with Gasteiger partial charge in [0.1, 0.15) is 11.6 Å². The second-order valence-electron chi connectivity index (χ2n) is 10.9. The van der Waals surface area contributed by atoms with Gasteiger partial charge in [0.05, 0.1) is 21.3 Å². The molecular weight excluding hydrogens is 604 g/mol. The Labute approximate surface area is 252 Å². The topological polar surface area (TPSA) is 83.4 Å². The van der Waals surface area contributed by atoms with Gasteiger partial charge in [0.25, 0.3) is 0 Å². The summed E-state index contributed by atoms with van der Waals surface area (Å²) in [6.45, 7) is 9.61. The number of thioether (sulfide) groups is 1. The quantitative estimate of drug-likeness (QED) is 0.214. The summed E-state index contributed by atoms with van der Waals surface area (Å²) in [5, 5.41) is 3.41. The third-order valence-electron chi connectivity index (χ3n) is 7.99. The van der Waals surface area contributed by atoms with Crippen molar-refractivity contribution < 1.29 is 22.4 Å². The maximum Gasteiger partial charge on any atom is 0.417 e. The van der Waals surface area contributed by atoms with E-state index in [1.54, 1.807) is 16.8 Å². The van der Waals surface area contributed by atoms with Gasteiger partial charge in [0.2, 0.25) is 5.91 Å². The van der Waals surface area contributed by atoms with Gasteiger partial charge < -0.3 is 15.1 Å². The molecule has 0 saturated carbocycles. The van der Waals surface area contributed by atoms with E-state index in [1.807, 2.05) is 20.8 Å². The summed E-state index contributed by atoms with van der Waals surface area (Å²) in [4.78, 5) is 38.6. The number of nitrogens with one attached hydrogen (secondary N) is 1. The van der Waals surface area contributed by atoms with Crippen LogP contribution in [0.2, 0.25) is 0 Å². The number of carbonyl (C=O) groups is 1. The predicted octanol–water partition coefficient (Wildman–Crippen LogP) is 6.15. The summed E-state index contributed by atoms with van der Waals surface area (Å²) in [5.41, 5.74) is -1.02. The maximum absolute atomic E-state index is 15.0. The molecule has 2 aromatic heterocycles. The van der Waals surface area contributed by atoms with E-state index in [2.05, 4.69) is 21.9 Å². The molecule has 1 saturated heterocycles. The fourth-order valence-electron chi connectivity index (χ4n) is 6.24. The number of fused-ring (bicyclic) bond motifs is 1. The third-order valence-corrected chi connectivity index (χ3v) is 10.4. The fourth-order valence-corrected chi connectivity index (χ4v) is 8.35. The Morgan fingerprint density at radius 1 is 1.14 bits per heavy atom. The van der Waals surface area contributed by atoms with Gasteiger partial charge in [-0.1, -0.05) is 17.9 Å². The van der Waals surface area contributed by atoms with Crippen LogP contribution in [-0.2, 0) is 11.0 Å². The number of anilines is 2. The molecule has 0 bridgehead atoms. The summed E-state index contributed by atoms with van der Waals surface area (Å²) in [5.74, 6) is -0.337. The number of benzene rings is 2. The normalized spacial score (nSPS) is 20.6. The number of thiazole rings is 1. The van der Waals surface area contributed by atoms with E-state index >= 15 is 13.2 Å². The molecule has 1 fully saturated rings. The van der Waals surface area contributed by atoms with Crippen LogP contribution in [0.15, 0.2) is 40.5 Å². The average molecular weight is 633 g/mol. The van der Waals surface area contributed by atoms with Crippen molar-refractivity contribution in [3.63, 3.8) is 0 Å². The molecule has 1 N–H and O–H groups in total. The first-order valence-corrected chi connectivity index (χ1v) is 15.5. The number of nitrogens with zero attached hydrogens (tertiary/aromatic N) is 5. The lowest BCUT2D eigenvalue weighted by Gasteiger charge is -2.45. The summed E-state index contributed by atoms with van der Waals surface area (Å²) in [6, 6.07) is 2.58. The van der Waals surface area contributed by atoms with Crippen LogP contribution in [0, 0.1) is 5.82 Å². The number of alkyl halides is 3. The molecular formula is C29H28F4N6O2S2. The summed E-state index contributed by atoms with van der Waals surface area (Å²) < 4.78 is 61.5. The van der Waals surface area contributed by atoms with E-state index in [-0.39, 0.29) is 74.6 Å². The molecule has 14 heteroatoms. The Morgan fingerprint density at radius 3 is 2.47 bits per heavy atom. The monoisotopic (exact) mass is 632 g/mol. The van der Waals surface area contributed by atoms with Crippen molar-refractivity contribution in [3.05, 3.63) is 52.7 Å². The van der Waals surface area contributed by atoms with Crippen LogP contribution in [0.4, 0.5) is 28.5 Å². The van der Waals surface area contributed by atoms with Crippen molar-refractivity contribution in [1.29, 1.82) is 0 Å². The van der Waals surface area contributed by atoms with Gasteiger partial charge in [-0.05, 0) is 45.0 Å². The first-order valence-electron chi connectivity index (χ1n) is 13.7. The SMILES string of the molecule is C=CC(=O)N1[C@H](C)CN(c2nc(=O)n3c4c(c(-c5ccc(F)c6sc(NC)nc56)c(C(F)(F)F)cc24)SC[C@@H]3C)C[C@@H]1C. The van der Waals surface area contributed by atoms with Crippen LogP contribution >= 0.6 is 23.1 Å². The van der Waals surface area contributed by atoms with Crippen LogP contribution in [0.1, 0.15) is 32.4 Å². The van der Waals surface area contributed by atoms with Gasteiger partial charge in [-0.15, -0.1) is 11.8 Å². The highest BCUT2D eigenvalue weighted by atomic mass is 32.2. The maximum atomic E-state index is 15.0. The standard InChI is InChI=1S/C29H28F4N6O2S2/c1-6-20(40)38-13(2)10-37(11-14(38)3)26-17-9-18(29(31,32)33)21(25-23(17)39(28(41)36-26)15(4)12-42-25)16-7-8-19(30)24-22(16)35-27(34-5)43-24/h6-9,13-15H,1,10-12H2,2-5H3,(H,34,35)/t13-,14+,15-/m0/s1. The molecule has 1 amide bonds. The molecule has 4 heterocycles. The van der Waals surface area contributed by atoms with Crippen molar-refractivity contribution in [3.8, 4) is 11.1 Å². The molecule has 0 radical (unpaired) electrons. The molecule has 2 aliphatic heterocycles. The second-order valence-corrected chi connectivity index (χ2v) is 12.9. The van der Waals surface area contributed by atoms with Crippen LogP contribution in [0.3, 0.4) is 0 Å². The van der Waals surface area contributed by atoms with E-state index < -0.39 is 23.2 Å². The molecule has 0 unspecified atom stereocenters. The predicted molar refractivity (Wildman–Crippen MR) is 163 cm³/mol. The highest BCUT2D eigenvalue weighted by Gasteiger charge is 2.40. The van der Waals surface area contributed by atoms with Crippen LogP contribution in [0.25, 0.3) is 32.2 Å². The lowest BCUT2D eigenvalue weighted by molar-refractivity contribution is -0.137. The summed E-state index contributed by atoms with van der Waals surface area (Å²) in [6.07, 6.45) is -3.56. The molecule has 43 heavy (non-hydrogen) atoms. The summed E-state index contributed by atoms with van der Waals surface area (Å²) >= 11 is 2.25. The van der Waals surface area contributed by atoms with E-state index in [0.29, 0.717) is 16.4 Å². The number of rotatable bonds is 4. The smallest absolute Gasteiger partial charge is 0.365 e. The number of aromatic nitrogens is 3. The highest BCUT2D eigenvalue weighted by Crippen LogP contribution is 2.51. The van der Waals surface area contributed by atoms with Gasteiger partial charge >= 0.3 is 11.9 Å². The molecule has 3 atom stereocenters. The fraction of sp³-hybridized carbons (Fsp3) is 0.379. The number of carbonyl (C=O) groups excluding carboxylic acids is 1.